The lowest BCUT2D eigenvalue weighted by molar-refractivity contribution is 0.102. The highest BCUT2D eigenvalue weighted by Crippen LogP contribution is 2.24. The van der Waals surface area contributed by atoms with Crippen molar-refractivity contribution in [3.05, 3.63) is 87.0 Å². The molecule has 0 radical (unpaired) electrons. The van der Waals surface area contributed by atoms with Crippen LogP contribution in [-0.4, -0.2) is 21.4 Å². The van der Waals surface area contributed by atoms with Gasteiger partial charge in [-0.1, -0.05) is 11.6 Å². The average Bonchev–Trinajstić information content (AvgIpc) is 2.69. The van der Waals surface area contributed by atoms with E-state index < -0.39 is 10.0 Å². The molecule has 3 aromatic rings. The third-order valence-electron chi connectivity index (χ3n) is 4.07. The molecule has 144 valence electrons. The quantitative estimate of drug-likeness (QED) is 0.475. The summed E-state index contributed by atoms with van der Waals surface area (Å²) >= 11 is 8.01. The molecule has 28 heavy (non-hydrogen) atoms. The first kappa shape index (κ1) is 20.6. The Morgan fingerprint density at radius 3 is 2.07 bits per heavy atom. The maximum absolute atomic E-state index is 12.7. The zero-order valence-electron chi connectivity index (χ0n) is 14.8. The predicted octanol–water partition coefficient (Wildman–Crippen LogP) is 5.02. The van der Waals surface area contributed by atoms with Gasteiger partial charge in [-0.15, -0.1) is 0 Å². The molecule has 0 aromatic heterocycles. The minimum atomic E-state index is -3.72. The van der Waals surface area contributed by atoms with Crippen LogP contribution in [0.2, 0.25) is 5.02 Å². The fourth-order valence-electron chi connectivity index (χ4n) is 2.46. The van der Waals surface area contributed by atoms with Gasteiger partial charge in [-0.05, 0) is 95.4 Å². The highest BCUT2D eigenvalue weighted by Gasteiger charge is 2.21. The first-order valence-electron chi connectivity index (χ1n) is 8.19. The lowest BCUT2D eigenvalue weighted by atomic mass is 10.2. The van der Waals surface area contributed by atoms with E-state index in [0.29, 0.717) is 22.0 Å². The summed E-state index contributed by atoms with van der Waals surface area (Å²) in [6, 6.07) is 19.8. The molecule has 0 fully saturated rings. The van der Waals surface area contributed by atoms with Gasteiger partial charge in [-0.3, -0.25) is 9.10 Å². The highest BCUT2D eigenvalue weighted by molar-refractivity contribution is 14.1. The summed E-state index contributed by atoms with van der Waals surface area (Å²) in [7, 11) is -2.26. The molecule has 0 heterocycles. The number of rotatable bonds is 5. The molecule has 5 nitrogen and oxygen atoms in total. The van der Waals surface area contributed by atoms with Crippen molar-refractivity contribution in [1.29, 1.82) is 0 Å². The smallest absolute Gasteiger partial charge is 0.264 e. The van der Waals surface area contributed by atoms with Gasteiger partial charge in [0, 0.05) is 26.9 Å². The van der Waals surface area contributed by atoms with Gasteiger partial charge < -0.3 is 5.32 Å². The van der Waals surface area contributed by atoms with E-state index in [-0.39, 0.29) is 10.8 Å². The maximum Gasteiger partial charge on any atom is 0.264 e. The minimum absolute atomic E-state index is 0.139. The fraction of sp³-hybridized carbons (Fsp3) is 0.0500. The summed E-state index contributed by atoms with van der Waals surface area (Å²) in [6.07, 6.45) is 0. The summed E-state index contributed by atoms with van der Waals surface area (Å²) < 4.78 is 27.7. The number of benzene rings is 3. The number of hydrogen-bond acceptors (Lipinski definition) is 3. The summed E-state index contributed by atoms with van der Waals surface area (Å²) in [5.74, 6) is -0.268. The number of carbonyl (C=O) groups is 1. The lowest BCUT2D eigenvalue weighted by Crippen LogP contribution is -2.26. The molecular formula is C20H16ClIN2O3S. The topological polar surface area (TPSA) is 66.5 Å². The molecule has 0 saturated heterocycles. The Labute approximate surface area is 182 Å². The lowest BCUT2D eigenvalue weighted by Gasteiger charge is -2.19. The van der Waals surface area contributed by atoms with Gasteiger partial charge in [0.2, 0.25) is 0 Å². The Balaban J connectivity index is 1.76. The standard InChI is InChI=1S/C20H16ClIN2O3S/c1-24(28(26,27)19-12-4-15(21)5-13-19)18-10-2-14(3-11-18)20(25)23-17-8-6-16(22)7-9-17/h2-13H,1H3,(H,23,25). The van der Waals surface area contributed by atoms with E-state index in [1.54, 1.807) is 24.3 Å². The molecule has 8 heteroatoms. The highest BCUT2D eigenvalue weighted by atomic mass is 127. The Morgan fingerprint density at radius 2 is 1.50 bits per heavy atom. The fourth-order valence-corrected chi connectivity index (χ4v) is 4.14. The van der Waals surface area contributed by atoms with Crippen LogP contribution in [-0.2, 0) is 10.0 Å². The molecular weight excluding hydrogens is 511 g/mol. The largest absolute Gasteiger partial charge is 0.322 e. The van der Waals surface area contributed by atoms with Gasteiger partial charge in [0.05, 0.1) is 10.6 Å². The number of hydrogen-bond donors (Lipinski definition) is 1. The third kappa shape index (κ3) is 4.65. The van der Waals surface area contributed by atoms with Crippen LogP contribution in [0.25, 0.3) is 0 Å². The minimum Gasteiger partial charge on any atom is -0.322 e. The van der Waals surface area contributed by atoms with Gasteiger partial charge >= 0.3 is 0 Å². The zero-order valence-corrected chi connectivity index (χ0v) is 18.5. The van der Waals surface area contributed by atoms with Crippen LogP contribution in [0, 0.1) is 3.57 Å². The summed E-state index contributed by atoms with van der Waals surface area (Å²) in [5, 5.41) is 3.27. The molecule has 1 N–H and O–H groups in total. The van der Waals surface area contributed by atoms with E-state index in [0.717, 1.165) is 7.88 Å². The van der Waals surface area contributed by atoms with Gasteiger partial charge in [0.15, 0.2) is 0 Å². The van der Waals surface area contributed by atoms with E-state index in [4.69, 9.17) is 11.6 Å². The number of carbonyl (C=O) groups excluding carboxylic acids is 1. The van der Waals surface area contributed by atoms with Crippen LogP contribution in [0.1, 0.15) is 10.4 Å². The molecule has 0 atom stereocenters. The van der Waals surface area contributed by atoms with Gasteiger partial charge in [-0.25, -0.2) is 8.42 Å². The Hall–Kier alpha value is -2.10. The van der Waals surface area contributed by atoms with Gasteiger partial charge in [0.1, 0.15) is 0 Å². The molecule has 3 aromatic carbocycles. The van der Waals surface area contributed by atoms with Crippen molar-refractivity contribution in [3.8, 4) is 0 Å². The molecule has 0 unspecified atom stereocenters. The Kier molecular flexibility index (Phi) is 6.26. The van der Waals surface area contributed by atoms with Crippen molar-refractivity contribution in [2.24, 2.45) is 0 Å². The normalized spacial score (nSPS) is 11.1. The second-order valence-corrected chi connectivity index (χ2v) is 9.59. The van der Waals surface area contributed by atoms with E-state index in [1.807, 2.05) is 24.3 Å². The maximum atomic E-state index is 12.7. The van der Waals surface area contributed by atoms with E-state index in [1.165, 1.54) is 31.3 Å². The molecule has 1 amide bonds. The molecule has 0 spiro atoms. The van der Waals surface area contributed by atoms with E-state index in [2.05, 4.69) is 27.9 Å². The van der Waals surface area contributed by atoms with Crippen molar-refractivity contribution in [2.75, 3.05) is 16.7 Å². The molecule has 0 saturated carbocycles. The number of nitrogens with one attached hydrogen (secondary N) is 1. The number of nitrogens with zero attached hydrogens (tertiary/aromatic N) is 1. The summed E-state index contributed by atoms with van der Waals surface area (Å²) in [5.41, 5.74) is 1.57. The number of amides is 1. The van der Waals surface area contributed by atoms with Crippen LogP contribution < -0.4 is 9.62 Å². The van der Waals surface area contributed by atoms with Crippen LogP contribution in [0.15, 0.2) is 77.7 Å². The van der Waals surface area contributed by atoms with Crippen LogP contribution >= 0.6 is 34.2 Å². The summed E-state index contributed by atoms with van der Waals surface area (Å²) in [4.78, 5) is 12.5. The zero-order chi connectivity index (χ0) is 20.3. The summed E-state index contributed by atoms with van der Waals surface area (Å²) in [6.45, 7) is 0. The van der Waals surface area contributed by atoms with E-state index in [9.17, 15) is 13.2 Å². The van der Waals surface area contributed by atoms with Crippen molar-refractivity contribution >= 4 is 61.5 Å². The first-order chi connectivity index (χ1) is 13.3. The first-order valence-corrected chi connectivity index (χ1v) is 11.1. The SMILES string of the molecule is CN(c1ccc(C(=O)Nc2ccc(I)cc2)cc1)S(=O)(=O)c1ccc(Cl)cc1. The van der Waals surface area contributed by atoms with Gasteiger partial charge in [0.25, 0.3) is 15.9 Å². The predicted molar refractivity (Wildman–Crippen MR) is 121 cm³/mol. The molecule has 0 aliphatic rings. The van der Waals surface area contributed by atoms with Crippen molar-refractivity contribution < 1.29 is 13.2 Å². The number of anilines is 2. The van der Waals surface area contributed by atoms with Crippen molar-refractivity contribution in [3.63, 3.8) is 0 Å². The average molecular weight is 527 g/mol. The van der Waals surface area contributed by atoms with Crippen molar-refractivity contribution in [1.82, 2.24) is 0 Å². The number of sulfonamides is 1. The second-order valence-electron chi connectivity index (χ2n) is 5.93. The van der Waals surface area contributed by atoms with Crippen LogP contribution in [0.3, 0.4) is 0 Å². The van der Waals surface area contributed by atoms with E-state index >= 15 is 0 Å². The number of halogens is 2. The molecule has 0 aliphatic carbocycles. The molecule has 0 aliphatic heterocycles. The molecule has 0 bridgehead atoms. The van der Waals surface area contributed by atoms with Crippen LogP contribution in [0.4, 0.5) is 11.4 Å². The Bertz CT molecular complexity index is 1080. The monoisotopic (exact) mass is 526 g/mol. The third-order valence-corrected chi connectivity index (χ3v) is 6.84. The van der Waals surface area contributed by atoms with Gasteiger partial charge in [-0.2, -0.15) is 0 Å². The molecule has 3 rings (SSSR count). The van der Waals surface area contributed by atoms with Crippen molar-refractivity contribution in [2.45, 2.75) is 4.90 Å². The van der Waals surface area contributed by atoms with Crippen LogP contribution in [0.5, 0.6) is 0 Å². The second kappa shape index (κ2) is 8.50. The Morgan fingerprint density at radius 1 is 0.929 bits per heavy atom.